The smallest absolute Gasteiger partial charge is 0.197 e. The maximum Gasteiger partial charge on any atom is 0.197 e. The Bertz CT molecular complexity index is 224. The van der Waals surface area contributed by atoms with E-state index in [9.17, 15) is 0 Å². The molecular formula is C9H11NO. The number of nitrogens with zero attached hydrogens (tertiary/aromatic N) is 1. The van der Waals surface area contributed by atoms with Crippen molar-refractivity contribution in [2.75, 3.05) is 0 Å². The minimum absolute atomic E-state index is 0.755. The highest BCUT2D eigenvalue weighted by Gasteiger charge is 1.90. The maximum atomic E-state index is 5.03. The molecule has 0 radical (unpaired) electrons. The van der Waals surface area contributed by atoms with Gasteiger partial charge in [-0.2, -0.15) is 0 Å². The van der Waals surface area contributed by atoms with E-state index in [4.69, 9.17) is 4.42 Å². The summed E-state index contributed by atoms with van der Waals surface area (Å²) in [5, 5.41) is 0. The van der Waals surface area contributed by atoms with Crippen LogP contribution in [0.1, 0.15) is 12.3 Å². The van der Waals surface area contributed by atoms with Gasteiger partial charge < -0.3 is 4.42 Å². The van der Waals surface area contributed by atoms with Crippen LogP contribution in [-0.2, 0) is 6.42 Å². The predicted octanol–water partition coefficient (Wildman–Crippen LogP) is 2.35. The Hall–Kier alpha value is -1.31. The molecule has 0 aromatic carbocycles. The van der Waals surface area contributed by atoms with Gasteiger partial charge >= 0.3 is 0 Å². The number of aromatic nitrogens is 1. The highest BCUT2D eigenvalue weighted by atomic mass is 16.3. The molecule has 0 saturated heterocycles. The first-order chi connectivity index (χ1) is 5.43. The van der Waals surface area contributed by atoms with Crippen molar-refractivity contribution in [3.8, 4) is 0 Å². The minimum atomic E-state index is 0.755. The summed E-state index contributed by atoms with van der Waals surface area (Å²) in [5.41, 5.74) is 0. The molecule has 0 bridgehead atoms. The average Bonchev–Trinajstić information content (AvgIpc) is 2.50. The van der Waals surface area contributed by atoms with Crippen LogP contribution in [0.2, 0.25) is 0 Å². The van der Waals surface area contributed by atoms with Crippen LogP contribution in [-0.4, -0.2) is 4.98 Å². The largest absolute Gasteiger partial charge is 0.449 e. The van der Waals surface area contributed by atoms with Gasteiger partial charge in [0.25, 0.3) is 0 Å². The van der Waals surface area contributed by atoms with Gasteiger partial charge in [0.1, 0.15) is 6.26 Å². The molecule has 1 rings (SSSR count). The van der Waals surface area contributed by atoms with Crippen LogP contribution in [0.5, 0.6) is 0 Å². The molecule has 11 heavy (non-hydrogen) atoms. The molecule has 0 saturated carbocycles. The molecule has 1 aromatic rings. The molecule has 0 N–H and O–H groups in total. The molecule has 0 aliphatic rings. The number of allylic oxidation sites excluding steroid dienone is 3. The summed E-state index contributed by atoms with van der Waals surface area (Å²) in [4.78, 5) is 3.97. The van der Waals surface area contributed by atoms with E-state index >= 15 is 0 Å². The van der Waals surface area contributed by atoms with Gasteiger partial charge in [0.05, 0.1) is 6.20 Å². The number of oxazole rings is 1. The van der Waals surface area contributed by atoms with Crippen LogP contribution in [0.4, 0.5) is 0 Å². The van der Waals surface area contributed by atoms with E-state index in [1.54, 1.807) is 12.5 Å². The molecule has 1 heterocycles. The standard InChI is InChI=1S/C9H11NO/c1-2-3-4-5-6-9-10-7-8-11-9/h2,4-5,7-8H,1,3,6H2/b5-4+. The van der Waals surface area contributed by atoms with Crippen molar-refractivity contribution in [2.24, 2.45) is 0 Å². The van der Waals surface area contributed by atoms with Crippen LogP contribution in [0.25, 0.3) is 0 Å². The Labute approximate surface area is 66.3 Å². The number of hydrogen-bond donors (Lipinski definition) is 0. The lowest BCUT2D eigenvalue weighted by atomic mass is 10.3. The van der Waals surface area contributed by atoms with E-state index in [0.29, 0.717) is 0 Å². The summed E-state index contributed by atoms with van der Waals surface area (Å²) in [6.07, 6.45) is 10.8. The van der Waals surface area contributed by atoms with Crippen molar-refractivity contribution in [3.05, 3.63) is 43.2 Å². The normalized spacial score (nSPS) is 10.5. The van der Waals surface area contributed by atoms with Gasteiger partial charge in [0.2, 0.25) is 0 Å². The summed E-state index contributed by atoms with van der Waals surface area (Å²) >= 11 is 0. The summed E-state index contributed by atoms with van der Waals surface area (Å²) in [6.45, 7) is 3.60. The molecule has 0 atom stereocenters. The van der Waals surface area contributed by atoms with E-state index < -0.39 is 0 Å². The lowest BCUT2D eigenvalue weighted by molar-refractivity contribution is 0.509. The quantitative estimate of drug-likeness (QED) is 0.614. The minimum Gasteiger partial charge on any atom is -0.449 e. The van der Waals surface area contributed by atoms with E-state index in [0.717, 1.165) is 18.7 Å². The molecule has 0 fully saturated rings. The Morgan fingerprint density at radius 1 is 1.55 bits per heavy atom. The summed E-state index contributed by atoms with van der Waals surface area (Å²) in [6, 6.07) is 0. The Kier molecular flexibility index (Phi) is 3.19. The average molecular weight is 149 g/mol. The van der Waals surface area contributed by atoms with Gasteiger partial charge in [-0.15, -0.1) is 6.58 Å². The zero-order chi connectivity index (χ0) is 7.94. The zero-order valence-electron chi connectivity index (χ0n) is 6.36. The first-order valence-corrected chi connectivity index (χ1v) is 3.57. The van der Waals surface area contributed by atoms with Crippen molar-refractivity contribution in [1.29, 1.82) is 0 Å². The molecule has 0 unspecified atom stereocenters. The Balaban J connectivity index is 2.28. The van der Waals surface area contributed by atoms with Gasteiger partial charge in [-0.05, 0) is 6.42 Å². The van der Waals surface area contributed by atoms with E-state index in [1.165, 1.54) is 0 Å². The molecule has 0 aliphatic carbocycles. The van der Waals surface area contributed by atoms with Gasteiger partial charge in [-0.25, -0.2) is 4.98 Å². The zero-order valence-corrected chi connectivity index (χ0v) is 6.36. The SMILES string of the molecule is C=CC/C=C/Cc1ncco1. The summed E-state index contributed by atoms with van der Waals surface area (Å²) < 4.78 is 5.03. The molecule has 2 heteroatoms. The van der Waals surface area contributed by atoms with Crippen molar-refractivity contribution in [2.45, 2.75) is 12.8 Å². The third kappa shape index (κ3) is 2.85. The van der Waals surface area contributed by atoms with Crippen molar-refractivity contribution in [1.82, 2.24) is 4.98 Å². The van der Waals surface area contributed by atoms with Crippen molar-refractivity contribution >= 4 is 0 Å². The van der Waals surface area contributed by atoms with E-state index in [-0.39, 0.29) is 0 Å². The third-order valence-electron chi connectivity index (χ3n) is 1.25. The van der Waals surface area contributed by atoms with Crippen LogP contribution in [0, 0.1) is 0 Å². The summed E-state index contributed by atoms with van der Waals surface area (Å²) in [7, 11) is 0. The maximum absolute atomic E-state index is 5.03. The fourth-order valence-corrected chi connectivity index (χ4v) is 0.730. The van der Waals surface area contributed by atoms with Gasteiger partial charge in [0.15, 0.2) is 5.89 Å². The lowest BCUT2D eigenvalue weighted by Gasteiger charge is -1.84. The number of hydrogen-bond acceptors (Lipinski definition) is 2. The van der Waals surface area contributed by atoms with Crippen LogP contribution >= 0.6 is 0 Å². The first-order valence-electron chi connectivity index (χ1n) is 3.57. The number of rotatable bonds is 4. The molecule has 1 aromatic heterocycles. The monoisotopic (exact) mass is 149 g/mol. The van der Waals surface area contributed by atoms with Gasteiger partial charge in [-0.3, -0.25) is 0 Å². The third-order valence-corrected chi connectivity index (χ3v) is 1.25. The predicted molar refractivity (Wildman–Crippen MR) is 44.2 cm³/mol. The second-order valence-corrected chi connectivity index (χ2v) is 2.13. The van der Waals surface area contributed by atoms with Crippen molar-refractivity contribution in [3.63, 3.8) is 0 Å². The molecule has 0 spiro atoms. The fraction of sp³-hybridized carbons (Fsp3) is 0.222. The highest BCUT2D eigenvalue weighted by Crippen LogP contribution is 1.96. The Morgan fingerprint density at radius 2 is 2.45 bits per heavy atom. The van der Waals surface area contributed by atoms with Gasteiger partial charge in [0, 0.05) is 6.42 Å². The molecular weight excluding hydrogens is 138 g/mol. The van der Waals surface area contributed by atoms with Crippen LogP contribution < -0.4 is 0 Å². The first kappa shape index (κ1) is 7.79. The van der Waals surface area contributed by atoms with E-state index in [1.807, 2.05) is 18.2 Å². The highest BCUT2D eigenvalue weighted by molar-refractivity contribution is 4.95. The second-order valence-electron chi connectivity index (χ2n) is 2.13. The molecule has 58 valence electrons. The van der Waals surface area contributed by atoms with Crippen LogP contribution in [0.15, 0.2) is 41.7 Å². The topological polar surface area (TPSA) is 26.0 Å². The lowest BCUT2D eigenvalue weighted by Crippen LogP contribution is -1.77. The van der Waals surface area contributed by atoms with Crippen molar-refractivity contribution < 1.29 is 4.42 Å². The second kappa shape index (κ2) is 4.50. The molecule has 0 amide bonds. The van der Waals surface area contributed by atoms with E-state index in [2.05, 4.69) is 11.6 Å². The fourth-order valence-electron chi connectivity index (χ4n) is 0.730. The molecule has 0 aliphatic heterocycles. The Morgan fingerprint density at radius 3 is 3.09 bits per heavy atom. The van der Waals surface area contributed by atoms with Gasteiger partial charge in [-0.1, -0.05) is 18.2 Å². The molecule has 2 nitrogen and oxygen atoms in total. The summed E-state index contributed by atoms with van der Waals surface area (Å²) in [5.74, 6) is 0.755. The van der Waals surface area contributed by atoms with Crippen LogP contribution in [0.3, 0.4) is 0 Å².